The topological polar surface area (TPSA) is 64.4 Å². The molecule has 5 heteroatoms. The van der Waals surface area contributed by atoms with Gasteiger partial charge < -0.3 is 15.8 Å². The van der Waals surface area contributed by atoms with E-state index in [0.717, 1.165) is 16.9 Å². The van der Waals surface area contributed by atoms with Gasteiger partial charge in [-0.2, -0.15) is 0 Å². The minimum atomic E-state index is 0. The van der Waals surface area contributed by atoms with Gasteiger partial charge in [-0.25, -0.2) is 0 Å². The van der Waals surface area contributed by atoms with Gasteiger partial charge in [0.2, 0.25) is 5.91 Å². The molecule has 2 aromatic carbocycles. The zero-order valence-corrected chi connectivity index (χ0v) is 13.9. The Hall–Kier alpha value is -2.04. The fraction of sp³-hybridized carbons (Fsp3) is 0.278. The lowest BCUT2D eigenvalue weighted by atomic mass is 10.1. The number of nitrogens with two attached hydrogens (primary N) is 1. The fourth-order valence-electron chi connectivity index (χ4n) is 2.15. The van der Waals surface area contributed by atoms with Crippen LogP contribution in [0.3, 0.4) is 0 Å². The number of nitrogens with one attached hydrogen (secondary N) is 1. The zero-order valence-electron chi connectivity index (χ0n) is 13.0. The average molecular weight is 335 g/mol. The molecule has 0 atom stereocenters. The number of carbonyl (C=O) groups is 1. The maximum absolute atomic E-state index is 11.5. The second-order valence-corrected chi connectivity index (χ2v) is 4.95. The SMILES string of the molecule is Cl.NCCCC(=O)NCCOc1ccccc1-c1ccccc1. The first-order valence-electron chi connectivity index (χ1n) is 7.55. The largest absolute Gasteiger partial charge is 0.491 e. The Morgan fingerprint density at radius 3 is 2.48 bits per heavy atom. The molecule has 23 heavy (non-hydrogen) atoms. The zero-order chi connectivity index (χ0) is 15.6. The number of rotatable bonds is 8. The van der Waals surface area contributed by atoms with Gasteiger partial charge in [0.1, 0.15) is 12.4 Å². The lowest BCUT2D eigenvalue weighted by molar-refractivity contribution is -0.121. The van der Waals surface area contributed by atoms with Crippen molar-refractivity contribution in [1.29, 1.82) is 0 Å². The Morgan fingerprint density at radius 1 is 1.04 bits per heavy atom. The summed E-state index contributed by atoms with van der Waals surface area (Å²) in [5.74, 6) is 0.843. The third kappa shape index (κ3) is 6.30. The highest BCUT2D eigenvalue weighted by molar-refractivity contribution is 5.85. The molecule has 0 aromatic heterocycles. The van der Waals surface area contributed by atoms with Crippen LogP contribution in [0, 0.1) is 0 Å². The number of carbonyl (C=O) groups excluding carboxylic acids is 1. The summed E-state index contributed by atoms with van der Waals surface area (Å²) in [5.41, 5.74) is 7.54. The van der Waals surface area contributed by atoms with E-state index in [4.69, 9.17) is 10.5 Å². The standard InChI is InChI=1S/C18H22N2O2.ClH/c19-12-6-11-18(21)20-13-14-22-17-10-5-4-9-16(17)15-7-2-1-3-8-15;/h1-5,7-10H,6,11-14,19H2,(H,20,21);1H. The van der Waals surface area contributed by atoms with E-state index in [1.54, 1.807) is 0 Å². The van der Waals surface area contributed by atoms with E-state index in [0.29, 0.717) is 32.5 Å². The van der Waals surface area contributed by atoms with Crippen molar-refractivity contribution in [2.75, 3.05) is 19.7 Å². The smallest absolute Gasteiger partial charge is 0.220 e. The van der Waals surface area contributed by atoms with E-state index in [2.05, 4.69) is 17.4 Å². The molecule has 0 fully saturated rings. The van der Waals surface area contributed by atoms with E-state index >= 15 is 0 Å². The molecule has 2 rings (SSSR count). The van der Waals surface area contributed by atoms with Crippen molar-refractivity contribution in [2.45, 2.75) is 12.8 Å². The monoisotopic (exact) mass is 334 g/mol. The second-order valence-electron chi connectivity index (χ2n) is 4.95. The van der Waals surface area contributed by atoms with Gasteiger partial charge in [0.25, 0.3) is 0 Å². The van der Waals surface area contributed by atoms with Crippen LogP contribution >= 0.6 is 12.4 Å². The molecule has 0 unspecified atom stereocenters. The lowest BCUT2D eigenvalue weighted by Gasteiger charge is -2.12. The summed E-state index contributed by atoms with van der Waals surface area (Å²) in [6, 6.07) is 18.0. The van der Waals surface area contributed by atoms with E-state index in [1.807, 2.05) is 42.5 Å². The van der Waals surface area contributed by atoms with Gasteiger partial charge in [0.15, 0.2) is 0 Å². The summed E-state index contributed by atoms with van der Waals surface area (Å²) in [6.45, 7) is 1.47. The third-order valence-corrected chi connectivity index (χ3v) is 3.26. The summed E-state index contributed by atoms with van der Waals surface area (Å²) < 4.78 is 5.81. The van der Waals surface area contributed by atoms with E-state index in [-0.39, 0.29) is 18.3 Å². The first-order chi connectivity index (χ1) is 10.8. The molecule has 0 aliphatic rings. The molecule has 2 aromatic rings. The minimum Gasteiger partial charge on any atom is -0.491 e. The first-order valence-corrected chi connectivity index (χ1v) is 7.55. The summed E-state index contributed by atoms with van der Waals surface area (Å²) in [4.78, 5) is 11.5. The maximum atomic E-state index is 11.5. The van der Waals surface area contributed by atoms with E-state index in [9.17, 15) is 4.79 Å². The van der Waals surface area contributed by atoms with Crippen LogP contribution in [0.4, 0.5) is 0 Å². The number of ether oxygens (including phenoxy) is 1. The van der Waals surface area contributed by atoms with Gasteiger partial charge in [-0.15, -0.1) is 12.4 Å². The molecular formula is C18H23ClN2O2. The predicted octanol–water partition coefficient (Wildman–Crippen LogP) is 3.01. The van der Waals surface area contributed by atoms with Gasteiger partial charge in [0, 0.05) is 12.0 Å². The Labute approximate surface area is 143 Å². The van der Waals surface area contributed by atoms with Crippen LogP contribution in [0.5, 0.6) is 5.75 Å². The van der Waals surface area contributed by atoms with Crippen molar-refractivity contribution in [3.05, 3.63) is 54.6 Å². The van der Waals surface area contributed by atoms with Crippen LogP contribution in [0.2, 0.25) is 0 Å². The molecule has 0 aliphatic carbocycles. The van der Waals surface area contributed by atoms with Gasteiger partial charge >= 0.3 is 0 Å². The van der Waals surface area contributed by atoms with E-state index in [1.165, 1.54) is 0 Å². The predicted molar refractivity (Wildman–Crippen MR) is 95.9 cm³/mol. The number of amides is 1. The second kappa shape index (κ2) is 10.6. The van der Waals surface area contributed by atoms with Crippen LogP contribution in [-0.4, -0.2) is 25.6 Å². The molecule has 0 spiro atoms. The van der Waals surface area contributed by atoms with Crippen molar-refractivity contribution in [1.82, 2.24) is 5.32 Å². The van der Waals surface area contributed by atoms with Crippen LogP contribution in [-0.2, 0) is 4.79 Å². The Balaban J connectivity index is 0.00000264. The number of benzene rings is 2. The molecule has 3 N–H and O–H groups in total. The van der Waals surface area contributed by atoms with Gasteiger partial charge in [-0.05, 0) is 24.6 Å². The summed E-state index contributed by atoms with van der Waals surface area (Å²) in [6.07, 6.45) is 1.18. The van der Waals surface area contributed by atoms with Crippen molar-refractivity contribution in [3.63, 3.8) is 0 Å². The number of hydrogen-bond donors (Lipinski definition) is 2. The molecule has 4 nitrogen and oxygen atoms in total. The van der Waals surface area contributed by atoms with Gasteiger partial charge in [-0.1, -0.05) is 48.5 Å². The maximum Gasteiger partial charge on any atom is 0.220 e. The number of hydrogen-bond acceptors (Lipinski definition) is 3. The van der Waals surface area contributed by atoms with Crippen LogP contribution in [0.1, 0.15) is 12.8 Å². The van der Waals surface area contributed by atoms with Gasteiger partial charge in [-0.3, -0.25) is 4.79 Å². The highest BCUT2D eigenvalue weighted by Crippen LogP contribution is 2.29. The van der Waals surface area contributed by atoms with Crippen LogP contribution < -0.4 is 15.8 Å². The molecule has 0 aliphatic heterocycles. The first kappa shape index (κ1) is 19.0. The quantitative estimate of drug-likeness (QED) is 0.729. The van der Waals surface area contributed by atoms with Crippen molar-refractivity contribution in [3.8, 4) is 16.9 Å². The molecular weight excluding hydrogens is 312 g/mol. The highest BCUT2D eigenvalue weighted by atomic mass is 35.5. The van der Waals surface area contributed by atoms with Crippen molar-refractivity contribution in [2.24, 2.45) is 5.73 Å². The van der Waals surface area contributed by atoms with E-state index < -0.39 is 0 Å². The summed E-state index contributed by atoms with van der Waals surface area (Å²) >= 11 is 0. The van der Waals surface area contributed by atoms with Crippen molar-refractivity contribution >= 4 is 18.3 Å². The molecule has 0 bridgehead atoms. The number of halogens is 1. The van der Waals surface area contributed by atoms with Crippen LogP contribution in [0.15, 0.2) is 54.6 Å². The molecule has 0 heterocycles. The average Bonchev–Trinajstić information content (AvgIpc) is 2.58. The molecule has 0 radical (unpaired) electrons. The summed E-state index contributed by atoms with van der Waals surface area (Å²) in [7, 11) is 0. The highest BCUT2D eigenvalue weighted by Gasteiger charge is 2.05. The summed E-state index contributed by atoms with van der Waals surface area (Å²) in [5, 5.41) is 2.83. The van der Waals surface area contributed by atoms with Crippen molar-refractivity contribution < 1.29 is 9.53 Å². The Morgan fingerprint density at radius 2 is 1.74 bits per heavy atom. The minimum absolute atomic E-state index is 0. The third-order valence-electron chi connectivity index (χ3n) is 3.26. The Bertz CT molecular complexity index is 591. The van der Waals surface area contributed by atoms with Gasteiger partial charge in [0.05, 0.1) is 6.54 Å². The fourth-order valence-corrected chi connectivity index (χ4v) is 2.15. The molecule has 124 valence electrons. The molecule has 1 amide bonds. The lowest BCUT2D eigenvalue weighted by Crippen LogP contribution is -2.28. The Kier molecular flexibility index (Phi) is 8.80. The molecule has 0 saturated heterocycles. The van der Waals surface area contributed by atoms with Crippen LogP contribution in [0.25, 0.3) is 11.1 Å². The number of para-hydroxylation sites is 1. The molecule has 0 saturated carbocycles. The normalized spacial score (nSPS) is 9.78.